The summed E-state index contributed by atoms with van der Waals surface area (Å²) in [5.74, 6) is 0.640. The zero-order valence-electron chi connectivity index (χ0n) is 10.5. The fraction of sp³-hybridized carbons (Fsp3) is 0.462. The summed E-state index contributed by atoms with van der Waals surface area (Å²) in [5, 5.41) is 3.10. The Morgan fingerprint density at radius 3 is 2.56 bits per heavy atom. The van der Waals surface area contributed by atoms with Gasteiger partial charge < -0.3 is 5.32 Å². The third kappa shape index (κ3) is 2.85. The number of piperidine rings is 1. The predicted octanol–water partition coefficient (Wildman–Crippen LogP) is 1.55. The molecule has 5 heteroatoms. The van der Waals surface area contributed by atoms with E-state index >= 15 is 0 Å². The Bertz CT molecular complexity index is 426. The Morgan fingerprint density at radius 2 is 2.00 bits per heavy atom. The molecule has 0 bridgehead atoms. The highest BCUT2D eigenvalue weighted by Crippen LogP contribution is 2.16. The van der Waals surface area contributed by atoms with Crippen LogP contribution in [-0.4, -0.2) is 28.2 Å². The molecule has 2 amide bonds. The first-order valence-corrected chi connectivity index (χ1v) is 6.22. The maximum atomic E-state index is 11.7. The van der Waals surface area contributed by atoms with Gasteiger partial charge in [0.25, 0.3) is 0 Å². The predicted molar refractivity (Wildman–Crippen MR) is 67.8 cm³/mol. The molecular formula is C13H17N3O2. The van der Waals surface area contributed by atoms with Gasteiger partial charge in [0.2, 0.25) is 11.8 Å². The van der Waals surface area contributed by atoms with Crippen molar-refractivity contribution in [1.29, 1.82) is 0 Å². The van der Waals surface area contributed by atoms with E-state index in [9.17, 15) is 9.59 Å². The van der Waals surface area contributed by atoms with Gasteiger partial charge in [-0.05, 0) is 25.0 Å². The van der Waals surface area contributed by atoms with Crippen LogP contribution in [0.15, 0.2) is 18.3 Å². The molecule has 1 saturated heterocycles. The molecule has 96 valence electrons. The average Bonchev–Trinajstić information content (AvgIpc) is 2.36. The Balaban J connectivity index is 2.03. The van der Waals surface area contributed by atoms with Crippen LogP contribution in [0.3, 0.4) is 0 Å². The van der Waals surface area contributed by atoms with E-state index in [2.05, 4.69) is 10.3 Å². The summed E-state index contributed by atoms with van der Waals surface area (Å²) in [4.78, 5) is 28.9. The van der Waals surface area contributed by atoms with Gasteiger partial charge in [-0.2, -0.15) is 0 Å². The molecular weight excluding hydrogens is 230 g/mol. The van der Waals surface area contributed by atoms with Gasteiger partial charge in [-0.3, -0.25) is 14.5 Å². The van der Waals surface area contributed by atoms with E-state index in [1.54, 1.807) is 6.20 Å². The van der Waals surface area contributed by atoms with Crippen molar-refractivity contribution < 1.29 is 9.59 Å². The molecule has 1 aliphatic heterocycles. The minimum Gasteiger partial charge on any atom is -0.370 e. The molecule has 0 atom stereocenters. The summed E-state index contributed by atoms with van der Waals surface area (Å²) in [5.41, 5.74) is 0.875. The minimum absolute atomic E-state index is 0.0815. The van der Waals surface area contributed by atoms with E-state index in [4.69, 9.17) is 0 Å². The van der Waals surface area contributed by atoms with Crippen molar-refractivity contribution >= 4 is 17.6 Å². The molecule has 1 aromatic heterocycles. The number of nitrogens with zero attached hydrogens (tertiary/aromatic N) is 2. The first kappa shape index (κ1) is 12.5. The summed E-state index contributed by atoms with van der Waals surface area (Å²) < 4.78 is 0. The van der Waals surface area contributed by atoms with Crippen LogP contribution in [0, 0.1) is 0 Å². The Labute approximate surface area is 106 Å². The van der Waals surface area contributed by atoms with Crippen LogP contribution in [0.4, 0.5) is 5.82 Å². The molecule has 0 aromatic carbocycles. The van der Waals surface area contributed by atoms with Crippen molar-refractivity contribution in [1.82, 2.24) is 9.88 Å². The normalized spacial score (nSPS) is 15.9. The zero-order valence-corrected chi connectivity index (χ0v) is 10.5. The maximum absolute atomic E-state index is 11.7. The first-order valence-electron chi connectivity index (χ1n) is 6.22. The van der Waals surface area contributed by atoms with Crippen LogP contribution >= 0.6 is 0 Å². The fourth-order valence-electron chi connectivity index (χ4n) is 1.96. The van der Waals surface area contributed by atoms with Crippen molar-refractivity contribution in [2.45, 2.75) is 32.7 Å². The number of hydrogen-bond acceptors (Lipinski definition) is 4. The molecule has 5 nitrogen and oxygen atoms in total. The molecule has 0 unspecified atom stereocenters. The molecule has 0 aliphatic carbocycles. The summed E-state index contributed by atoms with van der Waals surface area (Å²) in [6.07, 6.45) is 3.31. The number of nitrogens with one attached hydrogen (secondary N) is 1. The van der Waals surface area contributed by atoms with Crippen LogP contribution in [0.2, 0.25) is 0 Å². The van der Waals surface area contributed by atoms with Gasteiger partial charge in [-0.1, -0.05) is 6.07 Å². The van der Waals surface area contributed by atoms with Crippen molar-refractivity contribution in [3.05, 3.63) is 23.9 Å². The van der Waals surface area contributed by atoms with Crippen LogP contribution in [0.1, 0.15) is 31.7 Å². The Hall–Kier alpha value is -1.91. The highest BCUT2D eigenvalue weighted by atomic mass is 16.2. The SMILES string of the molecule is CCNc1ccc(CN2C(=O)CCCC2=O)cn1. The zero-order chi connectivity index (χ0) is 13.0. The van der Waals surface area contributed by atoms with E-state index in [0.29, 0.717) is 25.8 Å². The number of likely N-dealkylation sites (tertiary alicyclic amines) is 1. The van der Waals surface area contributed by atoms with E-state index in [1.165, 1.54) is 4.90 Å². The standard InChI is InChI=1S/C13H17N3O2/c1-2-14-11-7-6-10(8-15-11)9-16-12(17)4-3-5-13(16)18/h6-8H,2-5,9H2,1H3,(H,14,15). The van der Waals surface area contributed by atoms with Crippen LogP contribution < -0.4 is 5.32 Å². The Kier molecular flexibility index (Phi) is 3.92. The second-order valence-corrected chi connectivity index (χ2v) is 4.31. The van der Waals surface area contributed by atoms with Crippen LogP contribution in [0.5, 0.6) is 0 Å². The largest absolute Gasteiger partial charge is 0.370 e. The van der Waals surface area contributed by atoms with Gasteiger partial charge in [0, 0.05) is 25.6 Å². The lowest BCUT2D eigenvalue weighted by Gasteiger charge is -2.24. The van der Waals surface area contributed by atoms with Crippen molar-refractivity contribution in [2.75, 3.05) is 11.9 Å². The smallest absolute Gasteiger partial charge is 0.229 e. The first-order chi connectivity index (χ1) is 8.70. The second-order valence-electron chi connectivity index (χ2n) is 4.31. The lowest BCUT2D eigenvalue weighted by Crippen LogP contribution is -2.39. The molecule has 0 saturated carbocycles. The molecule has 0 spiro atoms. The van der Waals surface area contributed by atoms with Crippen molar-refractivity contribution in [3.8, 4) is 0 Å². The number of amides is 2. The molecule has 2 rings (SSSR count). The lowest BCUT2D eigenvalue weighted by atomic mass is 10.1. The fourth-order valence-corrected chi connectivity index (χ4v) is 1.96. The number of pyridine rings is 1. The van der Waals surface area contributed by atoms with E-state index in [-0.39, 0.29) is 11.8 Å². The molecule has 1 aromatic rings. The monoisotopic (exact) mass is 247 g/mol. The molecule has 0 radical (unpaired) electrons. The number of hydrogen-bond donors (Lipinski definition) is 1. The van der Waals surface area contributed by atoms with Gasteiger partial charge in [0.1, 0.15) is 5.82 Å². The summed E-state index contributed by atoms with van der Waals surface area (Å²) in [7, 11) is 0. The number of aromatic nitrogens is 1. The van der Waals surface area contributed by atoms with Gasteiger partial charge in [-0.15, -0.1) is 0 Å². The minimum atomic E-state index is -0.0815. The van der Waals surface area contributed by atoms with Crippen molar-refractivity contribution in [2.24, 2.45) is 0 Å². The molecule has 1 aliphatic rings. The summed E-state index contributed by atoms with van der Waals surface area (Å²) >= 11 is 0. The number of rotatable bonds is 4. The van der Waals surface area contributed by atoms with Crippen LogP contribution in [-0.2, 0) is 16.1 Å². The van der Waals surface area contributed by atoms with Crippen molar-refractivity contribution in [3.63, 3.8) is 0 Å². The van der Waals surface area contributed by atoms with E-state index < -0.39 is 0 Å². The quantitative estimate of drug-likeness (QED) is 0.820. The second kappa shape index (κ2) is 5.62. The number of anilines is 1. The lowest BCUT2D eigenvalue weighted by molar-refractivity contribution is -0.148. The molecule has 1 N–H and O–H groups in total. The highest BCUT2D eigenvalue weighted by molar-refractivity contribution is 5.97. The van der Waals surface area contributed by atoms with Gasteiger partial charge >= 0.3 is 0 Å². The third-order valence-electron chi connectivity index (χ3n) is 2.91. The maximum Gasteiger partial charge on any atom is 0.229 e. The van der Waals surface area contributed by atoms with Gasteiger partial charge in [0.05, 0.1) is 6.54 Å². The third-order valence-corrected chi connectivity index (χ3v) is 2.91. The summed E-state index contributed by atoms with van der Waals surface area (Å²) in [6, 6.07) is 3.75. The summed E-state index contributed by atoms with van der Waals surface area (Å²) in [6.45, 7) is 3.15. The topological polar surface area (TPSA) is 62.3 Å². The average molecular weight is 247 g/mol. The van der Waals surface area contributed by atoms with E-state index in [1.807, 2.05) is 19.1 Å². The Morgan fingerprint density at radius 1 is 1.28 bits per heavy atom. The molecule has 1 fully saturated rings. The molecule has 18 heavy (non-hydrogen) atoms. The van der Waals surface area contributed by atoms with Gasteiger partial charge in [0.15, 0.2) is 0 Å². The number of imide groups is 1. The number of carbonyl (C=O) groups excluding carboxylic acids is 2. The highest BCUT2D eigenvalue weighted by Gasteiger charge is 2.25. The molecule has 2 heterocycles. The van der Waals surface area contributed by atoms with E-state index in [0.717, 1.165) is 17.9 Å². The van der Waals surface area contributed by atoms with Gasteiger partial charge in [-0.25, -0.2) is 4.98 Å². The number of carbonyl (C=O) groups is 2. The van der Waals surface area contributed by atoms with Crippen LogP contribution in [0.25, 0.3) is 0 Å².